The molecule has 2 atom stereocenters. The van der Waals surface area contributed by atoms with Gasteiger partial charge in [0.05, 0.1) is 5.69 Å². The van der Waals surface area contributed by atoms with Crippen LogP contribution in [0.3, 0.4) is 0 Å². The normalized spacial score (nSPS) is 18.9. The summed E-state index contributed by atoms with van der Waals surface area (Å²) >= 11 is 0. The van der Waals surface area contributed by atoms with Crippen LogP contribution in [0.4, 0.5) is 0 Å². The molecule has 0 aliphatic carbocycles. The maximum atomic E-state index is 12.9. The van der Waals surface area contributed by atoms with Crippen LogP contribution >= 0.6 is 12.4 Å². The zero-order valence-corrected chi connectivity index (χ0v) is 15.6. The molecule has 140 valence electrons. The Bertz CT molecular complexity index is 867. The summed E-state index contributed by atoms with van der Waals surface area (Å²) in [6.45, 7) is 1.98. The highest BCUT2D eigenvalue weighted by atomic mass is 35.5. The number of rotatable bonds is 4. The van der Waals surface area contributed by atoms with Crippen LogP contribution in [0.15, 0.2) is 67.3 Å². The molecule has 2 N–H and O–H groups in total. The summed E-state index contributed by atoms with van der Waals surface area (Å²) in [4.78, 5) is 18.8. The van der Waals surface area contributed by atoms with Gasteiger partial charge in [-0.25, -0.2) is 9.67 Å². The quantitative estimate of drug-likeness (QED) is 0.750. The Balaban J connectivity index is 0.00000210. The van der Waals surface area contributed by atoms with Crippen molar-refractivity contribution < 1.29 is 4.79 Å². The van der Waals surface area contributed by atoms with Gasteiger partial charge in [-0.15, -0.1) is 12.4 Å². The van der Waals surface area contributed by atoms with E-state index in [4.69, 9.17) is 5.73 Å². The highest BCUT2D eigenvalue weighted by Crippen LogP contribution is 2.32. The highest BCUT2D eigenvalue weighted by Gasteiger charge is 2.35. The Kier molecular flexibility index (Phi) is 5.88. The van der Waals surface area contributed by atoms with Gasteiger partial charge in [-0.1, -0.05) is 30.3 Å². The summed E-state index contributed by atoms with van der Waals surface area (Å²) < 4.78 is 1.67. The molecule has 7 heteroatoms. The molecule has 6 nitrogen and oxygen atoms in total. The van der Waals surface area contributed by atoms with Crippen LogP contribution in [0.1, 0.15) is 21.8 Å². The number of aromatic nitrogens is 3. The fraction of sp³-hybridized carbons (Fsp3) is 0.250. The molecule has 1 aliphatic heterocycles. The number of carbonyl (C=O) groups excluding carboxylic acids is 1. The second-order valence-corrected chi connectivity index (χ2v) is 6.61. The van der Waals surface area contributed by atoms with Gasteiger partial charge < -0.3 is 10.6 Å². The molecule has 0 radical (unpaired) electrons. The molecule has 1 amide bonds. The van der Waals surface area contributed by atoms with Crippen LogP contribution in [-0.2, 0) is 0 Å². The van der Waals surface area contributed by atoms with E-state index in [9.17, 15) is 4.79 Å². The Morgan fingerprint density at radius 2 is 1.81 bits per heavy atom. The van der Waals surface area contributed by atoms with Gasteiger partial charge in [-0.2, -0.15) is 5.10 Å². The van der Waals surface area contributed by atoms with E-state index in [2.05, 4.69) is 22.2 Å². The first-order chi connectivity index (χ1) is 12.8. The Morgan fingerprint density at radius 1 is 1.07 bits per heavy atom. The molecule has 27 heavy (non-hydrogen) atoms. The van der Waals surface area contributed by atoms with Gasteiger partial charge in [0, 0.05) is 24.6 Å². The predicted molar refractivity (Wildman–Crippen MR) is 106 cm³/mol. The van der Waals surface area contributed by atoms with Gasteiger partial charge in [0.25, 0.3) is 5.91 Å². The fourth-order valence-electron chi connectivity index (χ4n) is 3.63. The summed E-state index contributed by atoms with van der Waals surface area (Å²) in [5.41, 5.74) is 8.79. The minimum atomic E-state index is 0. The zero-order valence-electron chi connectivity index (χ0n) is 14.8. The van der Waals surface area contributed by atoms with Gasteiger partial charge in [-0.05, 0) is 42.3 Å². The maximum Gasteiger partial charge on any atom is 0.253 e. The summed E-state index contributed by atoms with van der Waals surface area (Å²) in [7, 11) is 0. The monoisotopic (exact) mass is 383 g/mol. The smallest absolute Gasteiger partial charge is 0.253 e. The lowest BCUT2D eigenvalue weighted by atomic mass is 9.89. The summed E-state index contributed by atoms with van der Waals surface area (Å²) in [6.07, 6.45) is 3.12. The SMILES string of the molecule is Cl.NC[C@@H]1CN(C(=O)c2ccc(-n3cncn3)cc2)C[C@H]1c1ccccc1. The molecule has 1 aromatic heterocycles. The van der Waals surface area contributed by atoms with Crippen molar-refractivity contribution in [1.82, 2.24) is 19.7 Å². The molecule has 0 bridgehead atoms. The van der Waals surface area contributed by atoms with Crippen molar-refractivity contribution in [3.05, 3.63) is 78.4 Å². The van der Waals surface area contributed by atoms with Crippen LogP contribution in [0.5, 0.6) is 0 Å². The number of nitrogens with two attached hydrogens (primary N) is 1. The standard InChI is InChI=1S/C20H21N5O.ClH/c21-10-17-11-24(12-19(17)15-4-2-1-3-5-15)20(26)16-6-8-18(9-7-16)25-14-22-13-23-25;/h1-9,13-14,17,19H,10-12,21H2;1H/t17-,19+;/m1./s1. The molecule has 4 rings (SSSR count). The molecule has 0 unspecified atom stereocenters. The van der Waals surface area contributed by atoms with Gasteiger partial charge in [0.2, 0.25) is 0 Å². The lowest BCUT2D eigenvalue weighted by Crippen LogP contribution is -2.29. The van der Waals surface area contributed by atoms with E-state index in [-0.39, 0.29) is 24.2 Å². The van der Waals surface area contributed by atoms with Crippen LogP contribution in [0.2, 0.25) is 0 Å². The molecule has 0 saturated carbocycles. The topological polar surface area (TPSA) is 77.0 Å². The minimum Gasteiger partial charge on any atom is -0.338 e. The van der Waals surface area contributed by atoms with Crippen molar-refractivity contribution in [2.75, 3.05) is 19.6 Å². The summed E-state index contributed by atoms with van der Waals surface area (Å²) in [5, 5.41) is 4.10. The fourth-order valence-corrected chi connectivity index (χ4v) is 3.63. The first-order valence-corrected chi connectivity index (χ1v) is 8.75. The molecule has 3 aromatic rings. The van der Waals surface area contributed by atoms with Crippen LogP contribution in [0, 0.1) is 5.92 Å². The third-order valence-electron chi connectivity index (χ3n) is 5.06. The largest absolute Gasteiger partial charge is 0.338 e. The van der Waals surface area contributed by atoms with E-state index < -0.39 is 0 Å². The Labute approximate surface area is 164 Å². The average Bonchev–Trinajstić information content (AvgIpc) is 3.38. The number of likely N-dealkylation sites (tertiary alicyclic amines) is 1. The number of carbonyl (C=O) groups is 1. The van der Waals surface area contributed by atoms with E-state index in [0.717, 1.165) is 5.69 Å². The van der Waals surface area contributed by atoms with Crippen molar-refractivity contribution in [2.45, 2.75) is 5.92 Å². The molecule has 1 aliphatic rings. The van der Waals surface area contributed by atoms with Gasteiger partial charge in [0.15, 0.2) is 0 Å². The third-order valence-corrected chi connectivity index (χ3v) is 5.06. The molecular formula is C20H22ClN5O. The first kappa shape index (κ1) is 19.1. The zero-order chi connectivity index (χ0) is 17.9. The molecular weight excluding hydrogens is 362 g/mol. The predicted octanol–water partition coefficient (Wildman–Crippen LogP) is 2.50. The van der Waals surface area contributed by atoms with E-state index in [1.54, 1.807) is 11.0 Å². The second kappa shape index (κ2) is 8.33. The lowest BCUT2D eigenvalue weighted by Gasteiger charge is -2.17. The van der Waals surface area contributed by atoms with Crippen molar-refractivity contribution in [3.8, 4) is 5.69 Å². The van der Waals surface area contributed by atoms with Gasteiger partial charge in [-0.3, -0.25) is 4.79 Å². The first-order valence-electron chi connectivity index (χ1n) is 8.75. The average molecular weight is 384 g/mol. The minimum absolute atomic E-state index is 0. The molecule has 1 fully saturated rings. The maximum absolute atomic E-state index is 12.9. The number of hydrogen-bond donors (Lipinski definition) is 1. The van der Waals surface area contributed by atoms with E-state index in [0.29, 0.717) is 31.1 Å². The molecule has 1 saturated heterocycles. The number of nitrogens with zero attached hydrogens (tertiary/aromatic N) is 4. The van der Waals surface area contributed by atoms with Crippen molar-refractivity contribution in [2.24, 2.45) is 11.7 Å². The van der Waals surface area contributed by atoms with E-state index >= 15 is 0 Å². The number of hydrogen-bond acceptors (Lipinski definition) is 4. The molecule has 2 heterocycles. The van der Waals surface area contributed by atoms with Crippen molar-refractivity contribution in [1.29, 1.82) is 0 Å². The van der Waals surface area contributed by atoms with Crippen LogP contribution in [0.25, 0.3) is 5.69 Å². The number of halogens is 1. The Hall–Kier alpha value is -2.70. The number of amides is 1. The molecule has 2 aromatic carbocycles. The van der Waals surface area contributed by atoms with Crippen LogP contribution in [-0.4, -0.2) is 45.2 Å². The lowest BCUT2D eigenvalue weighted by molar-refractivity contribution is 0.0786. The third kappa shape index (κ3) is 3.86. The Morgan fingerprint density at radius 3 is 2.44 bits per heavy atom. The van der Waals surface area contributed by atoms with Gasteiger partial charge >= 0.3 is 0 Å². The highest BCUT2D eigenvalue weighted by molar-refractivity contribution is 5.94. The second-order valence-electron chi connectivity index (χ2n) is 6.61. The summed E-state index contributed by atoms with van der Waals surface area (Å²) in [5.74, 6) is 0.627. The van der Waals surface area contributed by atoms with E-state index in [1.165, 1.54) is 11.9 Å². The molecule has 0 spiro atoms. The van der Waals surface area contributed by atoms with Crippen LogP contribution < -0.4 is 5.73 Å². The van der Waals surface area contributed by atoms with Crippen molar-refractivity contribution >= 4 is 18.3 Å². The van der Waals surface area contributed by atoms with Gasteiger partial charge in [0.1, 0.15) is 12.7 Å². The van der Waals surface area contributed by atoms with E-state index in [1.807, 2.05) is 47.4 Å². The number of benzene rings is 2. The van der Waals surface area contributed by atoms with Crippen molar-refractivity contribution in [3.63, 3.8) is 0 Å². The summed E-state index contributed by atoms with van der Waals surface area (Å²) in [6, 6.07) is 17.8.